The van der Waals surface area contributed by atoms with Crippen LogP contribution < -0.4 is 4.74 Å². The van der Waals surface area contributed by atoms with Crippen LogP contribution in [-0.4, -0.2) is 58.2 Å². The molecule has 1 fully saturated rings. The van der Waals surface area contributed by atoms with E-state index in [1.54, 1.807) is 22.9 Å². The van der Waals surface area contributed by atoms with Crippen LogP contribution in [0.5, 0.6) is 5.75 Å². The number of benzene rings is 1. The number of likely N-dealkylation sites (N-methyl/N-ethyl adjacent to an activating group) is 1. The molecule has 3 heterocycles. The quantitative estimate of drug-likeness (QED) is 0.848. The fourth-order valence-electron chi connectivity index (χ4n) is 3.56. The fourth-order valence-corrected chi connectivity index (χ4v) is 3.56. The molecular weight excluding hydrogens is 323 g/mol. The molecule has 25 heavy (non-hydrogen) atoms. The summed E-state index contributed by atoms with van der Waals surface area (Å²) in [7, 11) is 2.08. The van der Waals surface area contributed by atoms with E-state index in [0.29, 0.717) is 30.2 Å². The molecule has 1 atom stereocenters. The first-order valence-corrected chi connectivity index (χ1v) is 8.55. The Labute approximate surface area is 145 Å². The monoisotopic (exact) mass is 344 g/mol. The van der Waals surface area contributed by atoms with Gasteiger partial charge in [-0.3, -0.25) is 9.48 Å². The second-order valence-electron chi connectivity index (χ2n) is 6.69. The van der Waals surface area contributed by atoms with E-state index in [4.69, 9.17) is 4.74 Å². The first kappa shape index (κ1) is 16.1. The van der Waals surface area contributed by atoms with E-state index in [9.17, 15) is 9.18 Å². The van der Waals surface area contributed by atoms with Gasteiger partial charge in [-0.2, -0.15) is 5.10 Å². The maximum atomic E-state index is 13.2. The Morgan fingerprint density at radius 1 is 1.28 bits per heavy atom. The van der Waals surface area contributed by atoms with Crippen molar-refractivity contribution in [2.24, 2.45) is 0 Å². The van der Waals surface area contributed by atoms with Gasteiger partial charge in [0.25, 0.3) is 5.91 Å². The fraction of sp³-hybridized carbons (Fsp3) is 0.444. The van der Waals surface area contributed by atoms with Gasteiger partial charge in [0.2, 0.25) is 0 Å². The van der Waals surface area contributed by atoms with Gasteiger partial charge in [0.1, 0.15) is 29.6 Å². The third-order valence-electron chi connectivity index (χ3n) is 4.85. The zero-order valence-electron chi connectivity index (χ0n) is 14.2. The summed E-state index contributed by atoms with van der Waals surface area (Å²) in [6, 6.07) is 8.07. The van der Waals surface area contributed by atoms with E-state index in [-0.39, 0.29) is 24.4 Å². The standard InChI is InChI=1S/C18H21FN4O2/c1-21-6-5-15(11-21)22-7-8-23-17(18(22)24)10-14(20-23)12-25-16-4-2-3-13(19)9-16/h2-4,9-10,15H,5-8,11-12H2,1H3. The van der Waals surface area contributed by atoms with E-state index >= 15 is 0 Å². The van der Waals surface area contributed by atoms with Gasteiger partial charge in [-0.05, 0) is 38.2 Å². The molecule has 0 aliphatic carbocycles. The van der Waals surface area contributed by atoms with Crippen LogP contribution in [0, 0.1) is 5.82 Å². The van der Waals surface area contributed by atoms with Gasteiger partial charge < -0.3 is 14.5 Å². The maximum Gasteiger partial charge on any atom is 0.272 e. The summed E-state index contributed by atoms with van der Waals surface area (Å²) >= 11 is 0. The first-order valence-electron chi connectivity index (χ1n) is 8.55. The van der Waals surface area contributed by atoms with Crippen molar-refractivity contribution in [3.8, 4) is 5.75 Å². The largest absolute Gasteiger partial charge is 0.487 e. The summed E-state index contributed by atoms with van der Waals surface area (Å²) in [5.41, 5.74) is 1.29. The first-order chi connectivity index (χ1) is 12.1. The molecule has 1 amide bonds. The smallest absolute Gasteiger partial charge is 0.272 e. The molecule has 2 aliphatic heterocycles. The number of carbonyl (C=O) groups excluding carboxylic acids is 1. The van der Waals surface area contributed by atoms with Gasteiger partial charge in [0.15, 0.2) is 0 Å². The van der Waals surface area contributed by atoms with Gasteiger partial charge in [-0.25, -0.2) is 4.39 Å². The number of aromatic nitrogens is 2. The van der Waals surface area contributed by atoms with E-state index < -0.39 is 0 Å². The van der Waals surface area contributed by atoms with Crippen LogP contribution in [0.25, 0.3) is 0 Å². The van der Waals surface area contributed by atoms with E-state index in [1.807, 2.05) is 4.90 Å². The highest BCUT2D eigenvalue weighted by Crippen LogP contribution is 2.22. The molecule has 0 radical (unpaired) electrons. The molecule has 6 nitrogen and oxygen atoms in total. The Bertz CT molecular complexity index is 791. The Balaban J connectivity index is 1.45. The number of rotatable bonds is 4. The van der Waals surface area contributed by atoms with Gasteiger partial charge in [-0.1, -0.05) is 6.07 Å². The predicted octanol–water partition coefficient (Wildman–Crippen LogP) is 1.76. The summed E-state index contributed by atoms with van der Waals surface area (Å²) in [5.74, 6) is 0.151. The lowest BCUT2D eigenvalue weighted by atomic mass is 10.1. The minimum atomic E-state index is -0.339. The number of carbonyl (C=O) groups is 1. The number of halogens is 1. The lowest BCUT2D eigenvalue weighted by molar-refractivity contribution is 0.0618. The zero-order valence-corrected chi connectivity index (χ0v) is 14.2. The number of hydrogen-bond acceptors (Lipinski definition) is 4. The van der Waals surface area contributed by atoms with Crippen LogP contribution in [-0.2, 0) is 13.2 Å². The van der Waals surface area contributed by atoms with Gasteiger partial charge >= 0.3 is 0 Å². The molecule has 1 aromatic heterocycles. The summed E-state index contributed by atoms with van der Waals surface area (Å²) in [4.78, 5) is 17.0. The molecule has 1 aromatic carbocycles. The molecule has 1 unspecified atom stereocenters. The normalized spacial score (nSPS) is 20.8. The topological polar surface area (TPSA) is 50.6 Å². The minimum absolute atomic E-state index is 0.0380. The Hall–Kier alpha value is -2.41. The second kappa shape index (κ2) is 6.48. The van der Waals surface area contributed by atoms with Crippen molar-refractivity contribution < 1.29 is 13.9 Å². The van der Waals surface area contributed by atoms with Crippen molar-refractivity contribution in [3.05, 3.63) is 47.5 Å². The number of amides is 1. The number of hydrogen-bond donors (Lipinski definition) is 0. The van der Waals surface area contributed by atoms with Crippen LogP contribution in [0.4, 0.5) is 4.39 Å². The molecule has 0 saturated carbocycles. The molecule has 0 spiro atoms. The summed E-state index contributed by atoms with van der Waals surface area (Å²) in [5, 5.41) is 4.45. The van der Waals surface area contributed by atoms with Crippen LogP contribution in [0.3, 0.4) is 0 Å². The molecule has 0 N–H and O–H groups in total. The lowest BCUT2D eigenvalue weighted by Gasteiger charge is -2.32. The van der Waals surface area contributed by atoms with E-state index in [2.05, 4.69) is 17.0 Å². The third-order valence-corrected chi connectivity index (χ3v) is 4.85. The van der Waals surface area contributed by atoms with Gasteiger partial charge in [0, 0.05) is 25.2 Å². The summed E-state index contributed by atoms with van der Waals surface area (Å²) < 4.78 is 20.5. The van der Waals surface area contributed by atoms with E-state index in [0.717, 1.165) is 19.5 Å². The highest BCUT2D eigenvalue weighted by Gasteiger charge is 2.34. The number of likely N-dealkylation sites (tertiary alicyclic amines) is 1. The molecule has 7 heteroatoms. The van der Waals surface area contributed by atoms with Crippen LogP contribution in [0.15, 0.2) is 30.3 Å². The maximum absolute atomic E-state index is 13.2. The Morgan fingerprint density at radius 2 is 2.16 bits per heavy atom. The molecule has 2 aromatic rings. The summed E-state index contributed by atoms with van der Waals surface area (Å²) in [6.45, 7) is 3.55. The molecule has 0 bridgehead atoms. The van der Waals surface area contributed by atoms with Crippen molar-refractivity contribution in [2.45, 2.75) is 25.6 Å². The van der Waals surface area contributed by atoms with E-state index in [1.165, 1.54) is 12.1 Å². The minimum Gasteiger partial charge on any atom is -0.487 e. The average molecular weight is 344 g/mol. The molecule has 2 aliphatic rings. The summed E-state index contributed by atoms with van der Waals surface area (Å²) in [6.07, 6.45) is 1.02. The van der Waals surface area contributed by atoms with Crippen LogP contribution >= 0.6 is 0 Å². The van der Waals surface area contributed by atoms with Crippen molar-refractivity contribution in [3.63, 3.8) is 0 Å². The van der Waals surface area contributed by atoms with Gasteiger partial charge in [-0.15, -0.1) is 0 Å². The molecule has 1 saturated heterocycles. The van der Waals surface area contributed by atoms with Crippen molar-refractivity contribution in [1.82, 2.24) is 19.6 Å². The number of fused-ring (bicyclic) bond motifs is 1. The Kier molecular flexibility index (Phi) is 4.17. The van der Waals surface area contributed by atoms with Crippen molar-refractivity contribution in [1.29, 1.82) is 0 Å². The third kappa shape index (κ3) is 3.24. The molecule has 132 valence electrons. The average Bonchev–Trinajstić information content (AvgIpc) is 3.20. The number of ether oxygens (including phenoxy) is 1. The molecular formula is C18H21FN4O2. The molecule has 4 rings (SSSR count). The second-order valence-corrected chi connectivity index (χ2v) is 6.69. The predicted molar refractivity (Wildman–Crippen MR) is 89.9 cm³/mol. The highest BCUT2D eigenvalue weighted by atomic mass is 19.1. The highest BCUT2D eigenvalue weighted by molar-refractivity contribution is 5.93. The SMILES string of the molecule is CN1CCC(N2CCn3nc(COc4cccc(F)c4)cc3C2=O)C1. The van der Waals surface area contributed by atoms with Crippen LogP contribution in [0.2, 0.25) is 0 Å². The van der Waals surface area contributed by atoms with Crippen LogP contribution in [0.1, 0.15) is 22.6 Å². The van der Waals surface area contributed by atoms with Gasteiger partial charge in [0.05, 0.1) is 6.54 Å². The van der Waals surface area contributed by atoms with Crippen molar-refractivity contribution >= 4 is 5.91 Å². The Morgan fingerprint density at radius 3 is 2.92 bits per heavy atom. The van der Waals surface area contributed by atoms with Crippen molar-refractivity contribution in [2.75, 3.05) is 26.7 Å². The lowest BCUT2D eigenvalue weighted by Crippen LogP contribution is -2.47. The number of nitrogens with zero attached hydrogens (tertiary/aromatic N) is 4. The zero-order chi connectivity index (χ0) is 17.4.